The highest BCUT2D eigenvalue weighted by atomic mass is 35.5. The predicted octanol–water partition coefficient (Wildman–Crippen LogP) is 4.58. The molecule has 132 valence electrons. The molecule has 1 amide bonds. The van der Waals surface area contributed by atoms with E-state index in [0.29, 0.717) is 17.0 Å². The van der Waals surface area contributed by atoms with Crippen LogP contribution < -0.4 is 10.1 Å². The number of hydrogen-bond donors (Lipinski definition) is 2. The molecular formula is C21H18ClNO3. The molecule has 2 aromatic carbocycles. The van der Waals surface area contributed by atoms with Gasteiger partial charge in [-0.05, 0) is 36.8 Å². The van der Waals surface area contributed by atoms with Gasteiger partial charge in [0.25, 0.3) is 5.91 Å². The van der Waals surface area contributed by atoms with E-state index < -0.39 is 5.72 Å². The van der Waals surface area contributed by atoms with Crippen molar-refractivity contribution in [1.82, 2.24) is 5.32 Å². The van der Waals surface area contributed by atoms with Crippen LogP contribution in [0.3, 0.4) is 0 Å². The van der Waals surface area contributed by atoms with E-state index in [1.165, 1.54) is 0 Å². The van der Waals surface area contributed by atoms with Gasteiger partial charge in [0.15, 0.2) is 5.72 Å². The van der Waals surface area contributed by atoms with E-state index in [0.717, 1.165) is 16.9 Å². The largest absolute Gasteiger partial charge is 0.507 e. The second-order valence-electron chi connectivity index (χ2n) is 6.77. The molecule has 2 N–H and O–H groups in total. The first-order valence-corrected chi connectivity index (χ1v) is 8.80. The molecule has 2 atom stereocenters. The van der Waals surface area contributed by atoms with E-state index in [4.69, 9.17) is 16.3 Å². The maximum absolute atomic E-state index is 12.7. The van der Waals surface area contributed by atoms with Gasteiger partial charge in [0.1, 0.15) is 11.5 Å². The number of nitrogens with one attached hydrogen (secondary N) is 1. The average Bonchev–Trinajstić information content (AvgIpc) is 2.60. The van der Waals surface area contributed by atoms with Gasteiger partial charge in [0.05, 0.1) is 5.57 Å². The Morgan fingerprint density at radius 2 is 2.00 bits per heavy atom. The van der Waals surface area contributed by atoms with Crippen LogP contribution in [-0.2, 0) is 4.79 Å². The molecule has 2 unspecified atom stereocenters. The van der Waals surface area contributed by atoms with Gasteiger partial charge in [0.2, 0.25) is 0 Å². The van der Waals surface area contributed by atoms with Crippen molar-refractivity contribution in [3.63, 3.8) is 0 Å². The van der Waals surface area contributed by atoms with Crippen LogP contribution in [0.1, 0.15) is 30.4 Å². The molecule has 2 bridgehead atoms. The first kappa shape index (κ1) is 16.7. The molecule has 0 aromatic heterocycles. The first-order chi connectivity index (χ1) is 12.5. The molecule has 0 spiro atoms. The van der Waals surface area contributed by atoms with Crippen LogP contribution in [-0.4, -0.2) is 16.7 Å². The van der Waals surface area contributed by atoms with Crippen molar-refractivity contribution >= 4 is 23.6 Å². The molecule has 0 saturated carbocycles. The van der Waals surface area contributed by atoms with E-state index in [9.17, 15) is 9.90 Å². The fraction of sp³-hybridized carbons (Fsp3) is 0.190. The van der Waals surface area contributed by atoms with Crippen LogP contribution in [0.5, 0.6) is 5.75 Å². The number of benzene rings is 2. The third-order valence-electron chi connectivity index (χ3n) is 4.77. The third kappa shape index (κ3) is 2.97. The fourth-order valence-electron chi connectivity index (χ4n) is 3.58. The number of amides is 1. The summed E-state index contributed by atoms with van der Waals surface area (Å²) >= 11 is 5.89. The Kier molecular flexibility index (Phi) is 4.00. The van der Waals surface area contributed by atoms with Gasteiger partial charge in [0, 0.05) is 22.9 Å². The molecule has 26 heavy (non-hydrogen) atoms. The molecule has 0 radical (unpaired) electrons. The van der Waals surface area contributed by atoms with Gasteiger partial charge >= 0.3 is 0 Å². The van der Waals surface area contributed by atoms with Crippen LogP contribution in [0.15, 0.2) is 65.9 Å². The second-order valence-corrected chi connectivity index (χ2v) is 7.20. The van der Waals surface area contributed by atoms with Gasteiger partial charge in [-0.2, -0.15) is 0 Å². The van der Waals surface area contributed by atoms with Gasteiger partial charge in [-0.3, -0.25) is 4.79 Å². The molecule has 5 heteroatoms. The number of para-hydroxylation sites is 1. The molecule has 1 saturated heterocycles. The van der Waals surface area contributed by atoms with Crippen molar-refractivity contribution in [3.05, 3.63) is 82.1 Å². The van der Waals surface area contributed by atoms with E-state index in [1.54, 1.807) is 24.3 Å². The fourth-order valence-corrected chi connectivity index (χ4v) is 3.70. The molecule has 2 heterocycles. The maximum Gasteiger partial charge on any atom is 0.254 e. The van der Waals surface area contributed by atoms with Crippen LogP contribution in [0.25, 0.3) is 6.08 Å². The van der Waals surface area contributed by atoms with Crippen molar-refractivity contribution in [2.75, 3.05) is 0 Å². The van der Waals surface area contributed by atoms with Gasteiger partial charge in [-0.25, -0.2) is 0 Å². The lowest BCUT2D eigenvalue weighted by Gasteiger charge is -2.45. The lowest BCUT2D eigenvalue weighted by Crippen LogP contribution is -2.58. The number of aliphatic hydroxyl groups is 1. The van der Waals surface area contributed by atoms with E-state index >= 15 is 0 Å². The number of piperidine rings is 1. The third-order valence-corrected chi connectivity index (χ3v) is 5.03. The van der Waals surface area contributed by atoms with Gasteiger partial charge < -0.3 is 15.2 Å². The van der Waals surface area contributed by atoms with Crippen LogP contribution in [0.2, 0.25) is 5.02 Å². The van der Waals surface area contributed by atoms with Crippen molar-refractivity contribution in [2.45, 2.75) is 25.0 Å². The number of halogens is 1. The summed E-state index contributed by atoms with van der Waals surface area (Å²) in [5.41, 5.74) is 1.40. The lowest BCUT2D eigenvalue weighted by molar-refractivity contribution is -0.127. The SMILES string of the molecule is CC12CC(C(=C(O)C=Cc3ccc(Cl)cc3)C(=O)N1)c1ccccc1O2. The summed E-state index contributed by atoms with van der Waals surface area (Å²) in [6, 6.07) is 14.9. The molecular weight excluding hydrogens is 350 g/mol. The molecule has 1 fully saturated rings. The zero-order chi connectivity index (χ0) is 18.3. The van der Waals surface area contributed by atoms with Crippen LogP contribution >= 0.6 is 11.6 Å². The number of allylic oxidation sites excluding steroid dienone is 1. The maximum atomic E-state index is 12.7. The summed E-state index contributed by atoms with van der Waals surface area (Å²) in [7, 11) is 0. The van der Waals surface area contributed by atoms with Gasteiger partial charge in [-0.15, -0.1) is 0 Å². The van der Waals surface area contributed by atoms with Crippen LogP contribution in [0.4, 0.5) is 0 Å². The number of aliphatic hydroxyl groups excluding tert-OH is 1. The summed E-state index contributed by atoms with van der Waals surface area (Å²) in [6.07, 6.45) is 3.88. The summed E-state index contributed by atoms with van der Waals surface area (Å²) in [5.74, 6) is 0.171. The highest BCUT2D eigenvalue weighted by Crippen LogP contribution is 2.47. The Morgan fingerprint density at radius 1 is 1.27 bits per heavy atom. The topological polar surface area (TPSA) is 58.6 Å². The Labute approximate surface area is 156 Å². The summed E-state index contributed by atoms with van der Waals surface area (Å²) in [5, 5.41) is 14.2. The van der Waals surface area contributed by atoms with Crippen molar-refractivity contribution < 1.29 is 14.6 Å². The highest BCUT2D eigenvalue weighted by Gasteiger charge is 2.47. The average molecular weight is 368 g/mol. The minimum absolute atomic E-state index is 0.0406. The lowest BCUT2D eigenvalue weighted by atomic mass is 9.78. The van der Waals surface area contributed by atoms with Gasteiger partial charge in [-0.1, -0.05) is 48.0 Å². The monoisotopic (exact) mass is 367 g/mol. The normalized spacial score (nSPS) is 26.1. The molecule has 2 aliphatic heterocycles. The smallest absolute Gasteiger partial charge is 0.254 e. The van der Waals surface area contributed by atoms with Crippen molar-refractivity contribution in [1.29, 1.82) is 0 Å². The van der Waals surface area contributed by atoms with E-state index in [1.807, 2.05) is 43.3 Å². The summed E-state index contributed by atoms with van der Waals surface area (Å²) in [4.78, 5) is 12.7. The summed E-state index contributed by atoms with van der Waals surface area (Å²) < 4.78 is 5.96. The second kappa shape index (κ2) is 6.22. The number of hydrogen-bond acceptors (Lipinski definition) is 3. The molecule has 2 aromatic rings. The van der Waals surface area contributed by atoms with Crippen molar-refractivity contribution in [3.8, 4) is 5.75 Å². The Balaban J connectivity index is 1.74. The highest BCUT2D eigenvalue weighted by molar-refractivity contribution is 6.30. The minimum atomic E-state index is -0.764. The quantitative estimate of drug-likeness (QED) is 0.603. The Hall–Kier alpha value is -2.72. The number of carbonyl (C=O) groups excluding carboxylic acids is 1. The molecule has 2 aliphatic rings. The van der Waals surface area contributed by atoms with Crippen LogP contribution in [0, 0.1) is 0 Å². The zero-order valence-electron chi connectivity index (χ0n) is 14.2. The number of ether oxygens (including phenoxy) is 1. The molecule has 4 rings (SSSR count). The number of fused-ring (bicyclic) bond motifs is 4. The number of carbonyl (C=O) groups is 1. The minimum Gasteiger partial charge on any atom is -0.507 e. The summed E-state index contributed by atoms with van der Waals surface area (Å²) in [6.45, 7) is 1.85. The van der Waals surface area contributed by atoms with Crippen molar-refractivity contribution in [2.24, 2.45) is 0 Å². The molecule has 4 nitrogen and oxygen atoms in total. The standard InChI is InChI=1S/C21H18ClNO3/c1-21-12-16(15-4-2-3-5-18(15)26-21)19(20(25)23-21)17(24)11-8-13-6-9-14(22)10-7-13/h2-11,16,24H,12H2,1H3,(H,23,25). The van der Waals surface area contributed by atoms with E-state index in [2.05, 4.69) is 5.32 Å². The zero-order valence-corrected chi connectivity index (χ0v) is 15.0. The first-order valence-electron chi connectivity index (χ1n) is 8.42. The Bertz CT molecular complexity index is 933. The predicted molar refractivity (Wildman–Crippen MR) is 101 cm³/mol. The number of rotatable bonds is 2. The Morgan fingerprint density at radius 3 is 2.77 bits per heavy atom. The van der Waals surface area contributed by atoms with E-state index in [-0.39, 0.29) is 17.6 Å². The molecule has 0 aliphatic carbocycles.